The average Bonchev–Trinajstić information content (AvgIpc) is 3.27. The molecule has 8 heteroatoms. The zero-order valence-corrected chi connectivity index (χ0v) is 19.1. The van der Waals surface area contributed by atoms with Crippen LogP contribution < -0.4 is 19.7 Å². The summed E-state index contributed by atoms with van der Waals surface area (Å²) in [6, 6.07) is 11.9. The lowest BCUT2D eigenvalue weighted by Gasteiger charge is -2.34. The molecule has 2 aromatic carbocycles. The minimum absolute atomic E-state index is 0.0819. The highest BCUT2D eigenvalue weighted by Crippen LogP contribution is 2.31. The number of piperazine rings is 1. The van der Waals surface area contributed by atoms with E-state index in [1.54, 1.807) is 29.5 Å². The molecular weight excluding hydrogens is 424 g/mol. The van der Waals surface area contributed by atoms with E-state index in [0.717, 1.165) is 49.8 Å². The zero-order chi connectivity index (χ0) is 21.9. The SMILES string of the molecule is CCc1ccc2nc(N3CCN(CCNC(=O)c4ccc5c(c4)OCCO5)CC3)sc2c1. The molecule has 0 atom stereocenters. The zero-order valence-electron chi connectivity index (χ0n) is 18.3. The topological polar surface area (TPSA) is 66.9 Å². The van der Waals surface area contributed by atoms with E-state index in [1.165, 1.54) is 10.3 Å². The molecule has 1 amide bonds. The number of nitrogens with one attached hydrogen (secondary N) is 1. The van der Waals surface area contributed by atoms with Crippen molar-refractivity contribution in [2.75, 3.05) is 57.4 Å². The third-order valence-electron chi connectivity index (χ3n) is 6.01. The molecule has 1 N–H and O–H groups in total. The molecule has 0 unspecified atom stereocenters. The number of carbonyl (C=O) groups excluding carboxylic acids is 1. The summed E-state index contributed by atoms with van der Waals surface area (Å²) >= 11 is 1.78. The van der Waals surface area contributed by atoms with Crippen molar-refractivity contribution in [3.8, 4) is 11.5 Å². The first-order valence-electron chi connectivity index (χ1n) is 11.2. The van der Waals surface area contributed by atoms with Gasteiger partial charge in [-0.1, -0.05) is 24.3 Å². The van der Waals surface area contributed by atoms with E-state index in [0.29, 0.717) is 36.8 Å². The van der Waals surface area contributed by atoms with E-state index in [4.69, 9.17) is 14.5 Å². The molecule has 0 radical (unpaired) electrons. The van der Waals surface area contributed by atoms with Crippen molar-refractivity contribution in [3.63, 3.8) is 0 Å². The molecule has 1 aromatic heterocycles. The smallest absolute Gasteiger partial charge is 0.251 e. The van der Waals surface area contributed by atoms with Crippen LogP contribution in [0.4, 0.5) is 5.13 Å². The Bertz CT molecular complexity index is 1110. The number of nitrogens with zero attached hydrogens (tertiary/aromatic N) is 3. The molecule has 3 aromatic rings. The summed E-state index contributed by atoms with van der Waals surface area (Å²) in [4.78, 5) is 22.1. The molecule has 0 aliphatic carbocycles. The lowest BCUT2D eigenvalue weighted by atomic mass is 10.2. The third kappa shape index (κ3) is 4.52. The molecule has 32 heavy (non-hydrogen) atoms. The molecule has 1 saturated heterocycles. The highest BCUT2D eigenvalue weighted by molar-refractivity contribution is 7.22. The summed E-state index contributed by atoms with van der Waals surface area (Å²) in [6.45, 7) is 8.55. The number of hydrogen-bond acceptors (Lipinski definition) is 7. The Balaban J connectivity index is 1.10. The van der Waals surface area contributed by atoms with Crippen LogP contribution in [-0.2, 0) is 6.42 Å². The van der Waals surface area contributed by atoms with Crippen molar-refractivity contribution in [3.05, 3.63) is 47.5 Å². The van der Waals surface area contributed by atoms with Gasteiger partial charge in [0.1, 0.15) is 13.2 Å². The summed E-state index contributed by atoms with van der Waals surface area (Å²) in [7, 11) is 0. The number of ether oxygens (including phenoxy) is 2. The van der Waals surface area contributed by atoms with Gasteiger partial charge in [0.2, 0.25) is 0 Å². The quantitative estimate of drug-likeness (QED) is 0.620. The fourth-order valence-corrected chi connectivity index (χ4v) is 5.17. The number of amides is 1. The van der Waals surface area contributed by atoms with Crippen molar-refractivity contribution in [2.45, 2.75) is 13.3 Å². The van der Waals surface area contributed by atoms with Gasteiger partial charge in [-0.15, -0.1) is 0 Å². The maximum absolute atomic E-state index is 12.5. The van der Waals surface area contributed by atoms with E-state index in [-0.39, 0.29) is 5.91 Å². The minimum Gasteiger partial charge on any atom is -0.486 e. The maximum Gasteiger partial charge on any atom is 0.251 e. The molecule has 0 bridgehead atoms. The Hall–Kier alpha value is -2.84. The molecule has 1 fully saturated rings. The Morgan fingerprint density at radius 1 is 1.06 bits per heavy atom. The summed E-state index contributed by atoms with van der Waals surface area (Å²) in [6.07, 6.45) is 1.05. The summed E-state index contributed by atoms with van der Waals surface area (Å²) in [5.41, 5.74) is 3.04. The number of thiazole rings is 1. The molecule has 5 rings (SSSR count). The maximum atomic E-state index is 12.5. The van der Waals surface area contributed by atoms with E-state index in [2.05, 4.69) is 40.2 Å². The van der Waals surface area contributed by atoms with E-state index in [1.807, 2.05) is 0 Å². The van der Waals surface area contributed by atoms with Crippen LogP contribution in [0.25, 0.3) is 10.2 Å². The largest absolute Gasteiger partial charge is 0.486 e. The molecule has 168 valence electrons. The van der Waals surface area contributed by atoms with Crippen molar-refractivity contribution >= 4 is 32.6 Å². The van der Waals surface area contributed by atoms with Gasteiger partial charge in [0.15, 0.2) is 16.6 Å². The number of anilines is 1. The number of benzene rings is 2. The van der Waals surface area contributed by atoms with Crippen molar-refractivity contribution < 1.29 is 14.3 Å². The first-order chi connectivity index (χ1) is 15.7. The van der Waals surface area contributed by atoms with Gasteiger partial charge in [-0.25, -0.2) is 4.98 Å². The Morgan fingerprint density at radius 3 is 2.69 bits per heavy atom. The van der Waals surface area contributed by atoms with E-state index < -0.39 is 0 Å². The van der Waals surface area contributed by atoms with Gasteiger partial charge < -0.3 is 19.7 Å². The molecular formula is C24H28N4O3S. The van der Waals surface area contributed by atoms with Crippen LogP contribution in [0.1, 0.15) is 22.8 Å². The van der Waals surface area contributed by atoms with Crippen molar-refractivity contribution in [1.82, 2.24) is 15.2 Å². The van der Waals surface area contributed by atoms with Gasteiger partial charge in [0, 0.05) is 44.8 Å². The second kappa shape index (κ2) is 9.34. The van der Waals surface area contributed by atoms with E-state index >= 15 is 0 Å². The van der Waals surface area contributed by atoms with E-state index in [9.17, 15) is 4.79 Å². The fraction of sp³-hybridized carbons (Fsp3) is 0.417. The number of fused-ring (bicyclic) bond motifs is 2. The summed E-state index contributed by atoms with van der Waals surface area (Å²) in [5, 5.41) is 4.13. The number of carbonyl (C=O) groups is 1. The Kier molecular flexibility index (Phi) is 6.14. The molecule has 7 nitrogen and oxygen atoms in total. The average molecular weight is 453 g/mol. The lowest BCUT2D eigenvalue weighted by Crippen LogP contribution is -2.48. The van der Waals surface area contributed by atoms with Crippen LogP contribution in [0, 0.1) is 0 Å². The van der Waals surface area contributed by atoms with Crippen LogP contribution in [-0.4, -0.2) is 68.3 Å². The van der Waals surface area contributed by atoms with Crippen LogP contribution in [0.2, 0.25) is 0 Å². The Morgan fingerprint density at radius 2 is 1.88 bits per heavy atom. The summed E-state index contributed by atoms with van der Waals surface area (Å²) in [5.74, 6) is 1.26. The van der Waals surface area contributed by atoms with Gasteiger partial charge in [-0.05, 0) is 42.3 Å². The van der Waals surface area contributed by atoms with Crippen LogP contribution in [0.15, 0.2) is 36.4 Å². The number of aryl methyl sites for hydroxylation is 1. The molecule has 2 aliphatic heterocycles. The van der Waals surface area contributed by atoms with Crippen molar-refractivity contribution in [2.24, 2.45) is 0 Å². The number of hydrogen-bond donors (Lipinski definition) is 1. The highest BCUT2D eigenvalue weighted by atomic mass is 32.1. The van der Waals surface area contributed by atoms with Gasteiger partial charge in [-0.2, -0.15) is 0 Å². The number of aromatic nitrogens is 1. The molecule has 2 aliphatic rings. The monoisotopic (exact) mass is 452 g/mol. The second-order valence-corrected chi connectivity index (χ2v) is 9.10. The number of rotatable bonds is 6. The Labute approximate surface area is 191 Å². The van der Waals surface area contributed by atoms with Crippen LogP contribution in [0.5, 0.6) is 11.5 Å². The molecule has 0 saturated carbocycles. The lowest BCUT2D eigenvalue weighted by molar-refractivity contribution is 0.0946. The highest BCUT2D eigenvalue weighted by Gasteiger charge is 2.20. The van der Waals surface area contributed by atoms with Crippen LogP contribution >= 0.6 is 11.3 Å². The molecule has 3 heterocycles. The van der Waals surface area contributed by atoms with Gasteiger partial charge in [-0.3, -0.25) is 9.69 Å². The first-order valence-corrected chi connectivity index (χ1v) is 12.1. The van der Waals surface area contributed by atoms with Gasteiger partial charge >= 0.3 is 0 Å². The fourth-order valence-electron chi connectivity index (χ4n) is 4.09. The predicted molar refractivity (Wildman–Crippen MR) is 127 cm³/mol. The van der Waals surface area contributed by atoms with Crippen LogP contribution in [0.3, 0.4) is 0 Å². The minimum atomic E-state index is -0.0819. The third-order valence-corrected chi connectivity index (χ3v) is 7.09. The van der Waals surface area contributed by atoms with Gasteiger partial charge in [0.25, 0.3) is 5.91 Å². The first kappa shape index (κ1) is 21.0. The van der Waals surface area contributed by atoms with Gasteiger partial charge in [0.05, 0.1) is 10.2 Å². The standard InChI is InChI=1S/C24H28N4O3S/c1-2-17-3-5-19-22(15-17)32-24(26-19)28-11-9-27(10-12-28)8-7-25-23(29)18-4-6-20-21(16-18)31-14-13-30-20/h3-6,15-16H,2,7-14H2,1H3,(H,25,29). The predicted octanol–water partition coefficient (Wildman–Crippen LogP) is 3.18. The normalized spacial score (nSPS) is 16.3. The second-order valence-electron chi connectivity index (χ2n) is 8.10. The van der Waals surface area contributed by atoms with Crippen molar-refractivity contribution in [1.29, 1.82) is 0 Å². The summed E-state index contributed by atoms with van der Waals surface area (Å²) < 4.78 is 12.4. The molecule has 0 spiro atoms.